The summed E-state index contributed by atoms with van der Waals surface area (Å²) in [6.07, 6.45) is -6.03. The molecule has 5 N–H and O–H groups in total. The quantitative estimate of drug-likeness (QED) is 0.0283. The number of alkyl halides is 6. The number of halogens is 6. The van der Waals surface area contributed by atoms with Crippen LogP contribution in [0.5, 0.6) is 0 Å². The zero-order valence-electron chi connectivity index (χ0n) is 52.7. The van der Waals surface area contributed by atoms with Gasteiger partial charge in [0.1, 0.15) is 0 Å². The van der Waals surface area contributed by atoms with Gasteiger partial charge in [0.25, 0.3) is 5.91 Å². The van der Waals surface area contributed by atoms with Gasteiger partial charge in [-0.2, -0.15) is 41.6 Å². The number of carbonyl (C=O) groups excluding carboxylic acids is 2. The van der Waals surface area contributed by atoms with E-state index in [1.54, 1.807) is 28.4 Å². The van der Waals surface area contributed by atoms with Crippen molar-refractivity contribution in [1.29, 1.82) is 0 Å². The summed E-state index contributed by atoms with van der Waals surface area (Å²) in [6, 6.07) is 43.7. The van der Waals surface area contributed by atoms with Crippen molar-refractivity contribution in [3.8, 4) is 33.8 Å². The van der Waals surface area contributed by atoms with Crippen molar-refractivity contribution in [3.63, 3.8) is 0 Å². The first kappa shape index (κ1) is 75.3. The molecule has 0 radical (unpaired) electrons. The van der Waals surface area contributed by atoms with Gasteiger partial charge in [-0.15, -0.1) is 0 Å². The number of nitrogens with zero attached hydrogens (tertiary/aromatic N) is 9. The Morgan fingerprint density at radius 3 is 1.23 bits per heavy atom. The van der Waals surface area contributed by atoms with Crippen molar-refractivity contribution in [1.82, 2.24) is 44.0 Å². The van der Waals surface area contributed by atoms with Crippen molar-refractivity contribution >= 4 is 29.2 Å². The topological polar surface area (TPSA) is 240 Å². The van der Waals surface area contributed by atoms with Crippen LogP contribution in [-0.2, 0) is 50.9 Å². The maximum absolute atomic E-state index is 13.0. The number of rotatable bonds is 20. The third kappa shape index (κ3) is 23.6. The van der Waals surface area contributed by atoms with Crippen LogP contribution in [0.4, 0.5) is 37.7 Å². The van der Waals surface area contributed by atoms with E-state index in [2.05, 4.69) is 35.3 Å². The SMILES string of the molecule is CCOC(=O)c1cc(-c2ccccc2)n(CCCN2CCOCC2)n1.Nc1cccc(C(F)(F)F)c1.O=C(Nc1cccc(C(F)(F)F)c1)c1cc(-c2ccccc2)n(CCCN2CCOCC2)n1.O=C(O)c1cc(-c2ccccc2)n(CCCN2CCOCC2)n1.[Na+].[OH-]. The Balaban J connectivity index is 0.000000207. The molecule has 3 fully saturated rings. The largest absolute Gasteiger partial charge is 1.00 e. The van der Waals surface area contributed by atoms with E-state index in [0.717, 1.165) is 182 Å². The molecule has 3 aliphatic rings. The average Bonchev–Trinajstić information content (AvgIpc) is 3.05. The summed E-state index contributed by atoms with van der Waals surface area (Å²) in [5.74, 6) is -1.92. The molecule has 11 rings (SSSR count). The first-order valence-electron chi connectivity index (χ1n) is 30.5. The van der Waals surface area contributed by atoms with Gasteiger partial charge in [0.2, 0.25) is 0 Å². The summed E-state index contributed by atoms with van der Waals surface area (Å²) < 4.78 is 101. The predicted octanol–water partition coefficient (Wildman–Crippen LogP) is 8.08. The molecule has 8 aromatic rings. The third-order valence-electron chi connectivity index (χ3n) is 15.0. The van der Waals surface area contributed by atoms with Crippen LogP contribution in [0.25, 0.3) is 33.8 Å². The van der Waals surface area contributed by atoms with Gasteiger partial charge in [0.15, 0.2) is 17.1 Å². The molecule has 0 aliphatic carbocycles. The number of benzene rings is 5. The van der Waals surface area contributed by atoms with Gasteiger partial charge < -0.3 is 40.6 Å². The summed E-state index contributed by atoms with van der Waals surface area (Å²) in [5.41, 5.74) is 9.96. The Kier molecular flexibility index (Phi) is 30.4. The fraction of sp³-hybridized carbons (Fsp3) is 0.373. The summed E-state index contributed by atoms with van der Waals surface area (Å²) in [6.45, 7) is 17.5. The number of amides is 1. The molecule has 0 spiro atoms. The van der Waals surface area contributed by atoms with Gasteiger partial charge in [-0.25, -0.2) is 9.59 Å². The number of nitrogens with one attached hydrogen (secondary N) is 1. The zero-order valence-corrected chi connectivity index (χ0v) is 54.7. The standard InChI is InChI=1S/C24H25F3N4O2.C19H25N3O3.C17H21N3O3.C7H6F3N.Na.H2O/c25-24(26,27)19-8-4-9-20(16-19)28-23(32)21-17-22(18-6-2-1-3-7-18)31(29-21)11-5-10-30-12-14-33-15-13-30;1-2-25-19(23)17-15-18(16-7-4-3-5-8-16)22(20-17)10-6-9-21-11-13-24-14-12-21;21-17(22)15-13-16(14-5-2-1-3-6-14)20(18-15)8-4-7-19-9-11-23-12-10-19;8-7(9,10)5-2-1-3-6(11)4-5;;/h1-4,6-9,16-17H,5,10-15H2,(H,28,32);3-5,7-8,15H,2,6,9-14H2,1H3;1-3,5-6,13H,4,7-12H2,(H,21,22);1-4H,11H2;;1H2/q;;;;+1;/p-1. The summed E-state index contributed by atoms with van der Waals surface area (Å²) in [4.78, 5) is 43.2. The fourth-order valence-corrected chi connectivity index (χ4v) is 10.3. The normalized spacial score (nSPS) is 14.5. The number of aromatic carboxylic acids is 1. The monoisotopic (exact) mass is 1320 g/mol. The number of hydrogen-bond donors (Lipinski definition) is 3. The fourth-order valence-electron chi connectivity index (χ4n) is 10.3. The molecule has 3 aromatic heterocycles. The molecule has 3 aliphatic heterocycles. The van der Waals surface area contributed by atoms with Crippen molar-refractivity contribution < 1.29 is 99.8 Å². The number of nitrogens with two attached hydrogens (primary N) is 1. The second-order valence-electron chi connectivity index (χ2n) is 21.6. The Labute approximate surface area is 564 Å². The van der Waals surface area contributed by atoms with E-state index in [4.69, 9.17) is 24.7 Å². The molecule has 0 saturated carbocycles. The smallest absolute Gasteiger partial charge is 0.870 e. The zero-order chi connectivity index (χ0) is 65.3. The number of anilines is 2. The molecule has 5 aromatic carbocycles. The third-order valence-corrected chi connectivity index (χ3v) is 15.0. The molecule has 27 heteroatoms. The number of aromatic nitrogens is 6. The van der Waals surface area contributed by atoms with Crippen molar-refractivity contribution in [2.24, 2.45) is 0 Å². The van der Waals surface area contributed by atoms with Gasteiger partial charge in [0.05, 0.1) is 74.5 Å². The minimum atomic E-state index is -4.48. The molecule has 20 nitrogen and oxygen atoms in total. The maximum atomic E-state index is 13.0. The van der Waals surface area contributed by atoms with Crippen LogP contribution in [0.15, 0.2) is 158 Å². The summed E-state index contributed by atoms with van der Waals surface area (Å²) in [7, 11) is 0. The molecule has 0 bridgehead atoms. The molecule has 0 unspecified atom stereocenters. The minimum absolute atomic E-state index is 0. The number of hydrogen-bond acceptors (Lipinski definition) is 15. The number of carboxylic acid groups (broad SMARTS) is 1. The first-order chi connectivity index (χ1) is 44.4. The van der Waals surface area contributed by atoms with Crippen LogP contribution in [-0.4, -0.2) is 178 Å². The van der Waals surface area contributed by atoms with Crippen LogP contribution in [0.3, 0.4) is 0 Å². The van der Waals surface area contributed by atoms with Crippen LogP contribution < -0.4 is 40.6 Å². The number of aryl methyl sites for hydroxylation is 3. The van der Waals surface area contributed by atoms with Crippen molar-refractivity contribution in [2.45, 2.75) is 58.2 Å². The average molecular weight is 1320 g/mol. The molecular formula is C67H78F6N11NaO9. The van der Waals surface area contributed by atoms with Crippen LogP contribution in [0.2, 0.25) is 0 Å². The molecule has 0 atom stereocenters. The van der Waals surface area contributed by atoms with Gasteiger partial charge in [0, 0.05) is 89.9 Å². The van der Waals surface area contributed by atoms with Gasteiger partial charge in [-0.05, 0) is 97.5 Å². The number of ether oxygens (including phenoxy) is 4. The van der Waals surface area contributed by atoms with Crippen LogP contribution in [0, 0.1) is 0 Å². The Morgan fingerprint density at radius 1 is 0.500 bits per heavy atom. The summed E-state index contributed by atoms with van der Waals surface area (Å²) >= 11 is 0. The first-order valence-corrected chi connectivity index (χ1v) is 30.5. The molecule has 6 heterocycles. The van der Waals surface area contributed by atoms with E-state index < -0.39 is 35.4 Å². The minimum Gasteiger partial charge on any atom is -0.870 e. The molecular weight excluding hydrogens is 1240 g/mol. The molecule has 3 saturated heterocycles. The second-order valence-corrected chi connectivity index (χ2v) is 21.6. The van der Waals surface area contributed by atoms with Crippen LogP contribution in [0.1, 0.15) is 68.8 Å². The Hall–Kier alpha value is -7.76. The van der Waals surface area contributed by atoms with Gasteiger partial charge >= 0.3 is 53.8 Å². The predicted molar refractivity (Wildman–Crippen MR) is 339 cm³/mol. The summed E-state index contributed by atoms with van der Waals surface area (Å²) in [5, 5.41) is 24.9. The van der Waals surface area contributed by atoms with Crippen molar-refractivity contribution in [2.75, 3.05) is 116 Å². The number of esters is 1. The van der Waals surface area contributed by atoms with E-state index in [9.17, 15) is 45.8 Å². The Bertz CT molecular complexity index is 3560. The van der Waals surface area contributed by atoms with E-state index in [1.807, 2.05) is 102 Å². The maximum Gasteiger partial charge on any atom is 1.00 e. The number of carbonyl (C=O) groups is 3. The van der Waals surface area contributed by atoms with Crippen molar-refractivity contribution in [3.05, 3.63) is 186 Å². The van der Waals surface area contributed by atoms with Gasteiger partial charge in [-0.3, -0.25) is 33.5 Å². The Morgan fingerprint density at radius 2 is 0.862 bits per heavy atom. The number of morpholine rings is 3. The van der Waals surface area contributed by atoms with Crippen LogP contribution >= 0.6 is 0 Å². The number of carboxylic acids is 1. The number of nitrogen functional groups attached to an aromatic ring is 1. The molecule has 498 valence electrons. The molecule has 94 heavy (non-hydrogen) atoms. The van der Waals surface area contributed by atoms with Gasteiger partial charge in [-0.1, -0.05) is 103 Å². The molecule has 1 amide bonds. The van der Waals surface area contributed by atoms with E-state index in [1.165, 1.54) is 24.3 Å². The van der Waals surface area contributed by atoms with E-state index in [0.29, 0.717) is 25.4 Å². The van der Waals surface area contributed by atoms with E-state index >= 15 is 0 Å². The second kappa shape index (κ2) is 38.0. The van der Waals surface area contributed by atoms with E-state index in [-0.39, 0.29) is 63.8 Å².